The summed E-state index contributed by atoms with van der Waals surface area (Å²) >= 11 is 1.79. The van der Waals surface area contributed by atoms with Crippen molar-refractivity contribution in [3.05, 3.63) is 0 Å². The molecule has 0 fully saturated rings. The molecule has 6 heteroatoms. The molecule has 1 unspecified atom stereocenters. The lowest BCUT2D eigenvalue weighted by Crippen LogP contribution is -2.49. The first-order valence-electron chi connectivity index (χ1n) is 6.52. The van der Waals surface area contributed by atoms with Gasteiger partial charge in [0.1, 0.15) is 0 Å². The van der Waals surface area contributed by atoms with E-state index in [4.69, 9.17) is 5.11 Å². The topological polar surface area (TPSA) is 78.4 Å². The van der Waals surface area contributed by atoms with Gasteiger partial charge in [-0.05, 0) is 30.3 Å². The summed E-state index contributed by atoms with van der Waals surface area (Å²) in [5, 5.41) is 14.4. The zero-order valence-electron chi connectivity index (χ0n) is 12.3. The largest absolute Gasteiger partial charge is 0.481 e. The number of thioether (sulfide) groups is 1. The van der Waals surface area contributed by atoms with Crippen LogP contribution in [0.25, 0.3) is 0 Å². The van der Waals surface area contributed by atoms with Gasteiger partial charge in [0.05, 0.1) is 6.42 Å². The van der Waals surface area contributed by atoms with Crippen molar-refractivity contribution >= 4 is 23.8 Å². The van der Waals surface area contributed by atoms with Crippen LogP contribution in [-0.2, 0) is 4.79 Å². The Labute approximate surface area is 119 Å². The van der Waals surface area contributed by atoms with Crippen LogP contribution >= 0.6 is 11.8 Å². The quantitative estimate of drug-likeness (QED) is 0.599. The van der Waals surface area contributed by atoms with Gasteiger partial charge < -0.3 is 15.7 Å². The predicted molar refractivity (Wildman–Crippen MR) is 79.6 cm³/mol. The average Bonchev–Trinajstić information content (AvgIpc) is 2.26. The van der Waals surface area contributed by atoms with Gasteiger partial charge in [-0.1, -0.05) is 20.8 Å². The highest BCUT2D eigenvalue weighted by Gasteiger charge is 2.28. The van der Waals surface area contributed by atoms with Gasteiger partial charge in [-0.3, -0.25) is 4.79 Å². The maximum absolute atomic E-state index is 11.7. The third kappa shape index (κ3) is 9.64. The molecule has 0 aliphatic heterocycles. The lowest BCUT2D eigenvalue weighted by molar-refractivity contribution is -0.138. The van der Waals surface area contributed by atoms with Crippen molar-refractivity contribution in [2.24, 2.45) is 5.41 Å². The van der Waals surface area contributed by atoms with E-state index in [2.05, 4.69) is 16.9 Å². The highest BCUT2D eigenvalue weighted by molar-refractivity contribution is 7.98. The Bertz CT molecular complexity index is 290. The van der Waals surface area contributed by atoms with E-state index in [1.807, 2.05) is 20.8 Å². The molecule has 0 aliphatic carbocycles. The number of hydrogen-bond acceptors (Lipinski definition) is 3. The van der Waals surface area contributed by atoms with E-state index in [9.17, 15) is 9.59 Å². The molecule has 0 heterocycles. The molecule has 0 rings (SSSR count). The molecule has 19 heavy (non-hydrogen) atoms. The van der Waals surface area contributed by atoms with E-state index >= 15 is 0 Å². The van der Waals surface area contributed by atoms with Crippen LogP contribution < -0.4 is 10.6 Å². The molecule has 3 N–H and O–H groups in total. The Morgan fingerprint density at radius 3 is 2.37 bits per heavy atom. The number of rotatable bonds is 8. The average molecular weight is 290 g/mol. The Kier molecular flexibility index (Phi) is 8.63. The van der Waals surface area contributed by atoms with Crippen LogP contribution in [-0.4, -0.2) is 41.7 Å². The Balaban J connectivity index is 4.07. The van der Waals surface area contributed by atoms with E-state index in [1.54, 1.807) is 11.8 Å². The van der Waals surface area contributed by atoms with Gasteiger partial charge in [0.25, 0.3) is 0 Å². The highest BCUT2D eigenvalue weighted by atomic mass is 32.2. The predicted octanol–water partition coefficient (Wildman–Crippen LogP) is 2.32. The summed E-state index contributed by atoms with van der Waals surface area (Å²) < 4.78 is 0. The van der Waals surface area contributed by atoms with E-state index in [-0.39, 0.29) is 23.9 Å². The standard InChI is InChI=1S/C13H26N2O3S/c1-13(2,3)10(9-11(16)17)15-12(18)14-7-5-6-8-19-4/h10H,5-9H2,1-4H3,(H,16,17)(H2,14,15,18). The van der Waals surface area contributed by atoms with E-state index in [0.29, 0.717) is 6.54 Å². The number of unbranched alkanes of at least 4 members (excludes halogenated alkanes) is 1. The summed E-state index contributed by atoms with van der Waals surface area (Å²) in [6.45, 7) is 6.37. The Hall–Kier alpha value is -0.910. The molecule has 112 valence electrons. The SMILES string of the molecule is CSCCCCNC(=O)NC(CC(=O)O)C(C)(C)C. The van der Waals surface area contributed by atoms with Gasteiger partial charge in [0, 0.05) is 12.6 Å². The molecule has 0 saturated heterocycles. The molecule has 1 atom stereocenters. The van der Waals surface area contributed by atoms with Gasteiger partial charge in [0.2, 0.25) is 0 Å². The van der Waals surface area contributed by atoms with E-state index in [0.717, 1.165) is 18.6 Å². The number of hydrogen-bond donors (Lipinski definition) is 3. The van der Waals surface area contributed by atoms with Crippen molar-refractivity contribution < 1.29 is 14.7 Å². The number of carbonyl (C=O) groups excluding carboxylic acids is 1. The molecule has 0 saturated carbocycles. The van der Waals surface area contributed by atoms with Crippen LogP contribution in [0.15, 0.2) is 0 Å². The second-order valence-corrected chi connectivity index (χ2v) is 6.60. The first kappa shape index (κ1) is 18.1. The van der Waals surface area contributed by atoms with Crippen molar-refractivity contribution in [3.8, 4) is 0 Å². The van der Waals surface area contributed by atoms with E-state index in [1.165, 1.54) is 0 Å². The first-order chi connectivity index (χ1) is 8.77. The number of nitrogens with one attached hydrogen (secondary N) is 2. The van der Waals surface area contributed by atoms with Crippen molar-refractivity contribution in [2.75, 3.05) is 18.6 Å². The number of amides is 2. The Morgan fingerprint density at radius 1 is 1.26 bits per heavy atom. The van der Waals surface area contributed by atoms with Crippen LogP contribution in [0.5, 0.6) is 0 Å². The van der Waals surface area contributed by atoms with Gasteiger partial charge in [-0.25, -0.2) is 4.79 Å². The van der Waals surface area contributed by atoms with Crippen molar-refractivity contribution in [3.63, 3.8) is 0 Å². The maximum atomic E-state index is 11.7. The zero-order chi connectivity index (χ0) is 14.9. The fourth-order valence-electron chi connectivity index (χ4n) is 1.53. The normalized spacial score (nSPS) is 12.8. The maximum Gasteiger partial charge on any atom is 0.315 e. The van der Waals surface area contributed by atoms with Gasteiger partial charge >= 0.3 is 12.0 Å². The number of carbonyl (C=O) groups is 2. The minimum atomic E-state index is -0.903. The van der Waals surface area contributed by atoms with E-state index < -0.39 is 5.97 Å². The second-order valence-electron chi connectivity index (χ2n) is 5.62. The molecule has 5 nitrogen and oxygen atoms in total. The molecule has 0 aromatic rings. The summed E-state index contributed by atoms with van der Waals surface area (Å²) in [6, 6.07) is -0.665. The minimum absolute atomic E-state index is 0.0661. The molecule has 0 radical (unpaired) electrons. The van der Waals surface area contributed by atoms with Crippen LogP contribution in [0, 0.1) is 5.41 Å². The van der Waals surface area contributed by atoms with Gasteiger partial charge in [0.15, 0.2) is 0 Å². The third-order valence-corrected chi connectivity index (χ3v) is 3.49. The summed E-state index contributed by atoms with van der Waals surface area (Å²) in [6.07, 6.45) is 4.00. The summed E-state index contributed by atoms with van der Waals surface area (Å²) in [5.74, 6) is 0.188. The fourth-order valence-corrected chi connectivity index (χ4v) is 2.02. The van der Waals surface area contributed by atoms with Crippen LogP contribution in [0.3, 0.4) is 0 Å². The second kappa shape index (κ2) is 9.07. The summed E-state index contributed by atoms with van der Waals surface area (Å²) in [4.78, 5) is 22.5. The molecule has 0 spiro atoms. The van der Waals surface area contributed by atoms with Crippen molar-refractivity contribution in [2.45, 2.75) is 46.1 Å². The lowest BCUT2D eigenvalue weighted by Gasteiger charge is -2.30. The molecule has 0 bridgehead atoms. The number of urea groups is 1. The smallest absolute Gasteiger partial charge is 0.315 e. The first-order valence-corrected chi connectivity index (χ1v) is 7.92. The van der Waals surface area contributed by atoms with Crippen molar-refractivity contribution in [1.29, 1.82) is 0 Å². The molecule has 2 amide bonds. The van der Waals surface area contributed by atoms with Gasteiger partial charge in [-0.15, -0.1) is 0 Å². The summed E-state index contributed by atoms with van der Waals surface area (Å²) in [5.41, 5.74) is -0.283. The number of aliphatic carboxylic acids is 1. The van der Waals surface area contributed by atoms with Crippen LogP contribution in [0.4, 0.5) is 4.79 Å². The minimum Gasteiger partial charge on any atom is -0.481 e. The lowest BCUT2D eigenvalue weighted by atomic mass is 9.85. The molecule has 0 aromatic heterocycles. The summed E-state index contributed by atoms with van der Waals surface area (Å²) in [7, 11) is 0. The third-order valence-electron chi connectivity index (χ3n) is 2.79. The highest BCUT2D eigenvalue weighted by Crippen LogP contribution is 2.21. The zero-order valence-corrected chi connectivity index (χ0v) is 13.1. The van der Waals surface area contributed by atoms with Crippen LogP contribution in [0.1, 0.15) is 40.0 Å². The molecular weight excluding hydrogens is 264 g/mol. The van der Waals surface area contributed by atoms with Crippen molar-refractivity contribution in [1.82, 2.24) is 10.6 Å². The molecule has 0 aromatic carbocycles. The molecule has 0 aliphatic rings. The number of carboxylic acid groups (broad SMARTS) is 1. The fraction of sp³-hybridized carbons (Fsp3) is 0.846. The Morgan fingerprint density at radius 2 is 1.89 bits per heavy atom. The monoisotopic (exact) mass is 290 g/mol. The number of carboxylic acids is 1. The van der Waals surface area contributed by atoms with Gasteiger partial charge in [-0.2, -0.15) is 11.8 Å². The van der Waals surface area contributed by atoms with Crippen LogP contribution in [0.2, 0.25) is 0 Å². The molecular formula is C13H26N2O3S.